The van der Waals surface area contributed by atoms with E-state index in [-0.39, 0.29) is 40.0 Å². The van der Waals surface area contributed by atoms with Gasteiger partial charge in [0.25, 0.3) is 5.56 Å². The van der Waals surface area contributed by atoms with E-state index in [1.807, 2.05) is 6.07 Å². The zero-order valence-electron chi connectivity index (χ0n) is 19.4. The molecule has 37 heavy (non-hydrogen) atoms. The van der Waals surface area contributed by atoms with Crippen molar-refractivity contribution >= 4 is 27.8 Å². The largest absolute Gasteiger partial charge is 0.504 e. The molecule has 3 heterocycles. The van der Waals surface area contributed by atoms with Crippen LogP contribution in [0, 0.1) is 0 Å². The van der Waals surface area contributed by atoms with Crippen LogP contribution in [0.5, 0.6) is 23.0 Å². The van der Waals surface area contributed by atoms with Gasteiger partial charge in [0.1, 0.15) is 22.5 Å². The minimum Gasteiger partial charge on any atom is -0.504 e. The van der Waals surface area contributed by atoms with E-state index in [4.69, 9.17) is 13.9 Å². The number of aromatic nitrogens is 1. The van der Waals surface area contributed by atoms with Crippen LogP contribution in [0.2, 0.25) is 0 Å². The fourth-order valence-corrected chi connectivity index (χ4v) is 4.81. The van der Waals surface area contributed by atoms with Gasteiger partial charge in [0.15, 0.2) is 16.9 Å². The lowest BCUT2D eigenvalue weighted by atomic mass is 9.84. The molecule has 0 spiro atoms. The van der Waals surface area contributed by atoms with Crippen LogP contribution in [0.15, 0.2) is 74.7 Å². The van der Waals surface area contributed by atoms with Gasteiger partial charge < -0.3 is 29.1 Å². The van der Waals surface area contributed by atoms with Crippen molar-refractivity contribution in [1.29, 1.82) is 0 Å². The quantitative estimate of drug-likeness (QED) is 0.192. The zero-order valence-corrected chi connectivity index (χ0v) is 19.4. The van der Waals surface area contributed by atoms with E-state index >= 15 is 0 Å². The Morgan fingerprint density at radius 1 is 0.973 bits per heavy atom. The number of fused-ring (bicyclic) bond motifs is 4. The lowest BCUT2D eigenvalue weighted by Gasteiger charge is -2.26. The van der Waals surface area contributed by atoms with Gasteiger partial charge in [-0.05, 0) is 24.3 Å². The molecule has 0 fully saturated rings. The summed E-state index contributed by atoms with van der Waals surface area (Å²) in [4.78, 5) is 41.7. The first-order chi connectivity index (χ1) is 17.9. The number of nitrogens with one attached hydrogen (secondary N) is 1. The number of phenolic OH excluding ortho intramolecular Hbond substituents is 2. The maximum atomic E-state index is 13.2. The number of carbonyl (C=O) groups is 1. The normalized spacial score (nSPS) is 14.9. The summed E-state index contributed by atoms with van der Waals surface area (Å²) < 4.78 is 16.7. The molecule has 9 nitrogen and oxygen atoms in total. The second-order valence-electron chi connectivity index (χ2n) is 8.72. The van der Waals surface area contributed by atoms with Gasteiger partial charge in [-0.15, -0.1) is 0 Å². The Hall–Kier alpha value is -5.05. The van der Waals surface area contributed by atoms with Gasteiger partial charge in [-0.3, -0.25) is 14.4 Å². The summed E-state index contributed by atoms with van der Waals surface area (Å²) in [5, 5.41) is 21.8. The number of esters is 1. The van der Waals surface area contributed by atoms with Crippen molar-refractivity contribution in [2.24, 2.45) is 0 Å². The molecule has 6 rings (SSSR count). The van der Waals surface area contributed by atoms with Crippen LogP contribution >= 0.6 is 0 Å². The highest BCUT2D eigenvalue weighted by Crippen LogP contribution is 2.51. The van der Waals surface area contributed by atoms with E-state index in [2.05, 4.69) is 4.98 Å². The van der Waals surface area contributed by atoms with Crippen LogP contribution in [0.4, 0.5) is 0 Å². The first kappa shape index (κ1) is 22.4. The van der Waals surface area contributed by atoms with Gasteiger partial charge in [0.2, 0.25) is 5.75 Å². The average molecular weight is 497 g/mol. The highest BCUT2D eigenvalue weighted by atomic mass is 16.5. The second-order valence-corrected chi connectivity index (χ2v) is 8.72. The lowest BCUT2D eigenvalue weighted by molar-refractivity contribution is -0.135. The third kappa shape index (κ3) is 3.51. The van der Waals surface area contributed by atoms with E-state index in [9.17, 15) is 24.6 Å². The standard InChI is InChI=1S/C28H19NO8/c1-35-15-7-8-18-14(9-15)10-17(28(34)29-18)16-11-21(31)37-27-22(16)26-23(24(32)25(27)33)19(30)12-20(36-26)13-5-3-2-4-6-13/h2-10,12,16,32-33H,11H2,1H3,(H,29,34). The lowest BCUT2D eigenvalue weighted by Crippen LogP contribution is -2.26. The number of benzene rings is 3. The van der Waals surface area contributed by atoms with Gasteiger partial charge in [-0.2, -0.15) is 0 Å². The van der Waals surface area contributed by atoms with Gasteiger partial charge in [0.05, 0.1) is 19.1 Å². The Labute approximate surface area is 208 Å². The monoisotopic (exact) mass is 497 g/mol. The Morgan fingerprint density at radius 2 is 1.76 bits per heavy atom. The Morgan fingerprint density at radius 3 is 2.51 bits per heavy atom. The SMILES string of the molecule is COc1ccc2[nH]c(=O)c(C3CC(=O)Oc4c(O)c(O)c5c(=O)cc(-c6ccccc6)oc5c43)cc2c1. The molecule has 9 heteroatoms. The van der Waals surface area contributed by atoms with E-state index in [0.29, 0.717) is 22.2 Å². The van der Waals surface area contributed by atoms with E-state index in [1.54, 1.807) is 48.5 Å². The number of aromatic amines is 1. The molecule has 5 aromatic rings. The summed E-state index contributed by atoms with van der Waals surface area (Å²) in [5.74, 6) is -2.80. The first-order valence-corrected chi connectivity index (χ1v) is 11.4. The number of methoxy groups -OCH3 is 1. The van der Waals surface area contributed by atoms with Crippen molar-refractivity contribution in [2.75, 3.05) is 7.11 Å². The molecule has 184 valence electrons. The van der Waals surface area contributed by atoms with Crippen molar-refractivity contribution < 1.29 is 28.9 Å². The number of carbonyl (C=O) groups excluding carboxylic acids is 1. The van der Waals surface area contributed by atoms with Gasteiger partial charge in [0, 0.05) is 34.0 Å². The van der Waals surface area contributed by atoms with E-state index in [0.717, 1.165) is 0 Å². The molecular formula is C28H19NO8. The maximum Gasteiger partial charge on any atom is 0.312 e. The fraction of sp³-hybridized carbons (Fsp3) is 0.107. The zero-order chi connectivity index (χ0) is 25.8. The van der Waals surface area contributed by atoms with Gasteiger partial charge in [-0.1, -0.05) is 30.3 Å². The molecule has 3 aromatic carbocycles. The third-order valence-electron chi connectivity index (χ3n) is 6.56. The summed E-state index contributed by atoms with van der Waals surface area (Å²) in [6, 6.07) is 16.8. The number of pyridine rings is 1. The smallest absolute Gasteiger partial charge is 0.312 e. The molecule has 3 N–H and O–H groups in total. The summed E-state index contributed by atoms with van der Waals surface area (Å²) in [6.45, 7) is 0. The number of hydrogen-bond donors (Lipinski definition) is 3. The number of rotatable bonds is 3. The predicted octanol–water partition coefficient (Wildman–Crippen LogP) is 4.16. The van der Waals surface area contributed by atoms with Crippen molar-refractivity contribution in [1.82, 2.24) is 4.98 Å². The Balaban J connectivity index is 1.69. The minimum atomic E-state index is -0.946. The molecule has 1 atom stereocenters. The summed E-state index contributed by atoms with van der Waals surface area (Å²) in [6.07, 6.45) is -0.260. The number of aromatic hydroxyl groups is 2. The number of ether oxygens (including phenoxy) is 2. The molecule has 0 aliphatic carbocycles. The molecule has 1 unspecified atom stereocenters. The van der Waals surface area contributed by atoms with Crippen LogP contribution < -0.4 is 20.5 Å². The Bertz CT molecular complexity index is 1850. The van der Waals surface area contributed by atoms with Gasteiger partial charge >= 0.3 is 5.97 Å². The van der Waals surface area contributed by atoms with Crippen molar-refractivity contribution in [3.8, 4) is 34.3 Å². The third-order valence-corrected chi connectivity index (χ3v) is 6.56. The summed E-state index contributed by atoms with van der Waals surface area (Å²) in [7, 11) is 1.52. The molecule has 0 bridgehead atoms. The highest BCUT2D eigenvalue weighted by Gasteiger charge is 2.38. The molecule has 1 aliphatic rings. The predicted molar refractivity (Wildman–Crippen MR) is 134 cm³/mol. The fourth-order valence-electron chi connectivity index (χ4n) is 4.81. The molecule has 0 saturated carbocycles. The summed E-state index contributed by atoms with van der Waals surface area (Å²) >= 11 is 0. The Kier molecular flexibility index (Phi) is 5.01. The van der Waals surface area contributed by atoms with E-state index < -0.39 is 34.4 Å². The number of phenols is 2. The van der Waals surface area contributed by atoms with Crippen LogP contribution in [-0.4, -0.2) is 28.3 Å². The summed E-state index contributed by atoms with van der Waals surface area (Å²) in [5.41, 5.74) is 0.311. The minimum absolute atomic E-state index is 0.0840. The molecular weight excluding hydrogens is 478 g/mol. The average Bonchev–Trinajstić information content (AvgIpc) is 2.90. The molecule has 0 radical (unpaired) electrons. The van der Waals surface area contributed by atoms with Crippen LogP contribution in [0.3, 0.4) is 0 Å². The molecule has 0 amide bonds. The van der Waals surface area contributed by atoms with Crippen LogP contribution in [-0.2, 0) is 4.79 Å². The molecule has 2 aromatic heterocycles. The van der Waals surface area contributed by atoms with Crippen LogP contribution in [0.1, 0.15) is 23.5 Å². The number of hydrogen-bond acceptors (Lipinski definition) is 8. The topological polar surface area (TPSA) is 139 Å². The molecule has 0 saturated heterocycles. The number of H-pyrrole nitrogens is 1. The van der Waals surface area contributed by atoms with Crippen molar-refractivity contribution in [2.45, 2.75) is 12.3 Å². The van der Waals surface area contributed by atoms with Crippen molar-refractivity contribution in [3.05, 3.63) is 92.4 Å². The van der Waals surface area contributed by atoms with E-state index in [1.165, 1.54) is 13.2 Å². The maximum absolute atomic E-state index is 13.2. The molecule has 1 aliphatic heterocycles. The van der Waals surface area contributed by atoms with Gasteiger partial charge in [-0.25, -0.2) is 0 Å². The second kappa shape index (κ2) is 8.27. The van der Waals surface area contributed by atoms with Crippen LogP contribution in [0.25, 0.3) is 33.2 Å². The van der Waals surface area contributed by atoms with Crippen molar-refractivity contribution in [3.63, 3.8) is 0 Å². The highest BCUT2D eigenvalue weighted by molar-refractivity contribution is 5.96. The first-order valence-electron chi connectivity index (χ1n) is 11.4.